The molecule has 1 aliphatic rings. The van der Waals surface area contributed by atoms with E-state index in [1.807, 2.05) is 96.3 Å². The summed E-state index contributed by atoms with van der Waals surface area (Å²) in [6.45, 7) is 0. The van der Waals surface area contributed by atoms with E-state index < -0.39 is 0 Å². The van der Waals surface area contributed by atoms with Crippen LogP contribution in [0.1, 0.15) is 22.7 Å². The van der Waals surface area contributed by atoms with Crippen molar-refractivity contribution >= 4 is 90.9 Å². The highest BCUT2D eigenvalue weighted by Gasteiger charge is 2.26. The third kappa shape index (κ3) is 11.7. The fourth-order valence-electron chi connectivity index (χ4n) is 15.7. The van der Waals surface area contributed by atoms with Gasteiger partial charge in [-0.15, -0.1) is 22.7 Å². The van der Waals surface area contributed by atoms with Crippen LogP contribution in [-0.2, 0) is 6.42 Å². The Kier molecular flexibility index (Phi) is 15.9. The molecule has 21 rings (SSSR count). The highest BCUT2D eigenvalue weighted by molar-refractivity contribution is 7.26. The molecule has 9 nitrogen and oxygen atoms in total. The van der Waals surface area contributed by atoms with Crippen molar-refractivity contribution in [1.29, 1.82) is 0 Å². The van der Waals surface area contributed by atoms with E-state index in [0.29, 0.717) is 41.4 Å². The van der Waals surface area contributed by atoms with Gasteiger partial charge >= 0.3 is 0 Å². The topological polar surface area (TPSA) is 116 Å². The number of hydrogen-bond acceptors (Lipinski definition) is 11. The van der Waals surface area contributed by atoms with Crippen LogP contribution in [0.2, 0.25) is 0 Å². The van der Waals surface area contributed by atoms with Crippen LogP contribution in [0.25, 0.3) is 204 Å². The first-order valence-electron chi connectivity index (χ1n) is 36.9. The lowest BCUT2D eigenvalue weighted by molar-refractivity contribution is 0.797. The van der Waals surface area contributed by atoms with Gasteiger partial charge in [-0.25, -0.2) is 44.9 Å². The minimum Gasteiger partial charge on any atom is -0.232 e. The summed E-state index contributed by atoms with van der Waals surface area (Å²) >= 11 is 3.58. The van der Waals surface area contributed by atoms with Crippen LogP contribution in [0, 0.1) is 0 Å². The molecular weight excluding hydrogens is 1380 g/mol. The Morgan fingerprint density at radius 2 is 0.618 bits per heavy atom. The lowest BCUT2D eigenvalue weighted by atomic mass is 9.83. The summed E-state index contributed by atoms with van der Waals surface area (Å²) in [7, 11) is 0. The van der Waals surface area contributed by atoms with Gasteiger partial charge in [0.2, 0.25) is 0 Å². The van der Waals surface area contributed by atoms with E-state index in [1.54, 1.807) is 11.3 Å². The van der Waals surface area contributed by atoms with Crippen molar-refractivity contribution < 1.29 is 0 Å². The maximum absolute atomic E-state index is 5.48. The Hall–Kier alpha value is -14.0. The molecule has 14 aromatic carbocycles. The van der Waals surface area contributed by atoms with E-state index in [-0.39, 0.29) is 5.92 Å². The Balaban J connectivity index is 0.559. The monoisotopic (exact) mass is 1440 g/mol. The van der Waals surface area contributed by atoms with Crippen LogP contribution < -0.4 is 0 Å². The Bertz CT molecular complexity index is 6970. The molecule has 20 aromatic rings. The highest BCUT2D eigenvalue weighted by atomic mass is 32.1. The summed E-state index contributed by atoms with van der Waals surface area (Å²) in [6, 6.07) is 119. The molecule has 514 valence electrons. The van der Waals surface area contributed by atoms with Crippen LogP contribution in [0.4, 0.5) is 0 Å². The minimum atomic E-state index is 0.0538. The first kappa shape index (κ1) is 64.4. The number of benzene rings is 14. The number of rotatable bonds is 13. The lowest BCUT2D eigenvalue weighted by Gasteiger charge is -2.24. The van der Waals surface area contributed by atoms with Crippen LogP contribution in [-0.4, -0.2) is 44.9 Å². The molecular formula is C99H61N9S2. The zero-order valence-electron chi connectivity index (χ0n) is 59.1. The third-order valence-electron chi connectivity index (χ3n) is 21.2. The number of hydrogen-bond donors (Lipinski definition) is 0. The molecule has 0 N–H and O–H groups in total. The van der Waals surface area contributed by atoms with Gasteiger partial charge in [0.05, 0.1) is 33.8 Å². The van der Waals surface area contributed by atoms with Crippen molar-refractivity contribution in [3.63, 3.8) is 0 Å². The Morgan fingerprint density at radius 1 is 0.236 bits per heavy atom. The molecule has 0 saturated heterocycles. The van der Waals surface area contributed by atoms with E-state index in [9.17, 15) is 0 Å². The highest BCUT2D eigenvalue weighted by Crippen LogP contribution is 2.46. The van der Waals surface area contributed by atoms with E-state index in [4.69, 9.17) is 44.9 Å². The number of para-hydroxylation sites is 2. The zero-order valence-corrected chi connectivity index (χ0v) is 60.7. The first-order valence-corrected chi connectivity index (χ1v) is 38.5. The first-order chi connectivity index (χ1) is 54.5. The van der Waals surface area contributed by atoms with Gasteiger partial charge in [-0.1, -0.05) is 322 Å². The van der Waals surface area contributed by atoms with Gasteiger partial charge in [-0.05, 0) is 69.3 Å². The predicted octanol–water partition coefficient (Wildman–Crippen LogP) is 25.6. The van der Waals surface area contributed by atoms with Gasteiger partial charge in [0.15, 0.2) is 34.9 Å². The second-order valence-corrected chi connectivity index (χ2v) is 29.9. The van der Waals surface area contributed by atoms with Crippen LogP contribution in [0.15, 0.2) is 346 Å². The summed E-state index contributed by atoms with van der Waals surface area (Å²) in [6.07, 6.45) is 5.31. The summed E-state index contributed by atoms with van der Waals surface area (Å²) in [5, 5.41) is 6.82. The van der Waals surface area contributed by atoms with Gasteiger partial charge in [-0.3, -0.25) is 0 Å². The molecule has 0 saturated carbocycles. The smallest absolute Gasteiger partial charge is 0.165 e. The fraction of sp³-hybridized carbons (Fsp3) is 0.0202. The molecule has 6 aromatic heterocycles. The SMILES string of the molecule is C1=CC(c2ccccc2-c2ccc(-c3nc(-c4ccc5c(c4)sc4c(-c6nc(-c7ccccc7)nc(-c7ccccc7)n6)cccc45)nc4ccccc34)cc2)Cc2nc(-c3ccc(-c4cccc5c4sc4cc(-c6ccc(-c7nc(-c8ccccc8)c8ccccc8n7)cc6)ccc45)cc3)nc(-c3ccccc3)c21. The maximum atomic E-state index is 5.48. The van der Waals surface area contributed by atoms with E-state index in [0.717, 1.165) is 143 Å². The summed E-state index contributed by atoms with van der Waals surface area (Å²) in [5.41, 5.74) is 23.6. The average molecular weight is 1440 g/mol. The molecule has 0 amide bonds. The number of fused-ring (bicyclic) bond motifs is 9. The van der Waals surface area contributed by atoms with Crippen LogP contribution in [0.5, 0.6) is 0 Å². The maximum Gasteiger partial charge on any atom is 0.165 e. The zero-order chi connectivity index (χ0) is 72.6. The Labute approximate surface area is 641 Å². The van der Waals surface area contributed by atoms with Crippen molar-refractivity contribution in [3.05, 3.63) is 363 Å². The van der Waals surface area contributed by atoms with Crippen molar-refractivity contribution in [2.45, 2.75) is 12.3 Å². The van der Waals surface area contributed by atoms with E-state index in [1.165, 1.54) is 36.9 Å². The van der Waals surface area contributed by atoms with Gasteiger partial charge in [-0.2, -0.15) is 0 Å². The molecule has 0 bridgehead atoms. The minimum absolute atomic E-state index is 0.0538. The molecule has 0 radical (unpaired) electrons. The molecule has 6 heterocycles. The van der Waals surface area contributed by atoms with E-state index >= 15 is 0 Å². The number of nitrogens with zero attached hydrogens (tertiary/aromatic N) is 9. The van der Waals surface area contributed by atoms with E-state index in [2.05, 4.69) is 267 Å². The third-order valence-corrected chi connectivity index (χ3v) is 23.6. The summed E-state index contributed by atoms with van der Waals surface area (Å²) in [4.78, 5) is 46.9. The lowest BCUT2D eigenvalue weighted by Crippen LogP contribution is -2.12. The molecule has 1 atom stereocenters. The van der Waals surface area contributed by atoms with Crippen molar-refractivity contribution in [2.24, 2.45) is 0 Å². The molecule has 11 heteroatoms. The van der Waals surface area contributed by atoms with Crippen molar-refractivity contribution in [1.82, 2.24) is 44.9 Å². The van der Waals surface area contributed by atoms with Gasteiger partial charge < -0.3 is 0 Å². The number of aromatic nitrogens is 9. The summed E-state index contributed by atoms with van der Waals surface area (Å²) < 4.78 is 4.73. The molecule has 110 heavy (non-hydrogen) atoms. The van der Waals surface area contributed by atoms with Gasteiger partial charge in [0, 0.05) is 119 Å². The van der Waals surface area contributed by atoms with Crippen molar-refractivity contribution in [3.8, 4) is 135 Å². The predicted molar refractivity (Wildman–Crippen MR) is 455 cm³/mol. The average Bonchev–Trinajstić information content (AvgIpc) is 1.52. The second-order valence-electron chi connectivity index (χ2n) is 27.8. The molecule has 0 fully saturated rings. The second kappa shape index (κ2) is 27.1. The molecule has 1 unspecified atom stereocenters. The summed E-state index contributed by atoms with van der Waals surface area (Å²) in [5.74, 6) is 4.03. The van der Waals surface area contributed by atoms with Crippen LogP contribution in [0.3, 0.4) is 0 Å². The van der Waals surface area contributed by atoms with Gasteiger partial charge in [0.25, 0.3) is 0 Å². The quantitative estimate of drug-likeness (QED) is 0.111. The molecule has 0 spiro atoms. The number of thiophene rings is 2. The molecule has 0 aliphatic heterocycles. The number of allylic oxidation sites excluding steroid dienone is 1. The van der Waals surface area contributed by atoms with Crippen LogP contribution >= 0.6 is 22.7 Å². The largest absolute Gasteiger partial charge is 0.232 e. The molecule has 1 aliphatic carbocycles. The standard InChI is InChI=1S/C99H61N9S2/c1-5-21-63(22-6-1)89-80-31-15-17-37-84(80)100-94(103-89)68-47-39-60(40-48-68)70-51-54-76-78-34-19-33-75(92(78)109-87(76)58-70)62-43-49-69(50-44-62)95-102-86-57-71(52-56-82(86)90(104-95)64-23-7-2-8-24-64)74-30-14-13-29-73(74)61-41-45-65(46-42-61)91-81-32-16-18-38-85(81)101-98(105-91)72-53-55-77-79-35-20-36-83(93(79)110-88(77)59-72)99-107-96(66-25-9-3-10-26-66)106-97(108-99)67-27-11-4-12-28-67/h1-56,58-59,71H,57H2. The fourth-order valence-corrected chi connectivity index (χ4v) is 18.2. The normalized spacial score (nSPS) is 12.7. The van der Waals surface area contributed by atoms with Gasteiger partial charge in [0.1, 0.15) is 0 Å². The van der Waals surface area contributed by atoms with Crippen molar-refractivity contribution in [2.75, 3.05) is 0 Å². The Morgan fingerprint density at radius 3 is 1.22 bits per heavy atom.